The van der Waals surface area contributed by atoms with Crippen LogP contribution in [0.25, 0.3) is 0 Å². The molecule has 1 aromatic carbocycles. The first kappa shape index (κ1) is 19.8. The molecule has 2 aliphatic rings. The van der Waals surface area contributed by atoms with Crippen molar-refractivity contribution in [1.29, 1.82) is 0 Å². The van der Waals surface area contributed by atoms with Gasteiger partial charge >= 0.3 is 0 Å². The lowest BCUT2D eigenvalue weighted by Crippen LogP contribution is -2.39. The zero-order valence-corrected chi connectivity index (χ0v) is 17.9. The number of carbonyl (C=O) groups excluding carboxylic acids is 1. The van der Waals surface area contributed by atoms with Crippen LogP contribution in [0.2, 0.25) is 5.02 Å². The van der Waals surface area contributed by atoms with E-state index in [4.69, 9.17) is 11.6 Å². The van der Waals surface area contributed by atoms with Crippen LogP contribution in [0.4, 0.5) is 23.5 Å². The topological polar surface area (TPSA) is 86.3 Å². The lowest BCUT2D eigenvalue weighted by atomic mass is 10.0. The molecule has 1 amide bonds. The maximum Gasteiger partial charge on any atom is 0.267 e. The normalized spacial score (nSPS) is 18.1. The number of aromatic nitrogens is 3. The zero-order valence-electron chi connectivity index (χ0n) is 17.2. The van der Waals surface area contributed by atoms with Gasteiger partial charge in [0.25, 0.3) is 5.91 Å². The molecule has 1 saturated heterocycles. The minimum Gasteiger partial charge on any atom is -0.350 e. The fraction of sp³-hybridized carbons (Fsp3) is 0.500. The average molecular weight is 416 g/mol. The van der Waals surface area contributed by atoms with Crippen LogP contribution in [0.15, 0.2) is 12.1 Å². The Morgan fingerprint density at radius 2 is 2.14 bits per heavy atom. The molecule has 0 saturated carbocycles. The van der Waals surface area contributed by atoms with Crippen molar-refractivity contribution < 1.29 is 4.79 Å². The Morgan fingerprint density at radius 1 is 1.34 bits per heavy atom. The number of fused-ring (bicyclic) bond motifs is 1. The van der Waals surface area contributed by atoms with E-state index >= 15 is 0 Å². The first-order chi connectivity index (χ1) is 13.8. The highest BCUT2D eigenvalue weighted by molar-refractivity contribution is 6.33. The van der Waals surface area contributed by atoms with E-state index < -0.39 is 0 Å². The van der Waals surface area contributed by atoms with Crippen LogP contribution < -0.4 is 20.4 Å². The predicted molar refractivity (Wildman–Crippen MR) is 115 cm³/mol. The van der Waals surface area contributed by atoms with E-state index in [-0.39, 0.29) is 11.9 Å². The van der Waals surface area contributed by atoms with Gasteiger partial charge < -0.3 is 15.5 Å². The fourth-order valence-electron chi connectivity index (χ4n) is 3.68. The Bertz CT molecular complexity index is 943. The van der Waals surface area contributed by atoms with E-state index in [0.717, 1.165) is 37.3 Å². The van der Waals surface area contributed by atoms with Crippen molar-refractivity contribution >= 4 is 41.0 Å². The number of hydrogen-bond acceptors (Lipinski definition) is 7. The molecule has 2 aliphatic heterocycles. The van der Waals surface area contributed by atoms with Gasteiger partial charge in [0.2, 0.25) is 17.8 Å². The first-order valence-electron chi connectivity index (χ1n) is 9.92. The van der Waals surface area contributed by atoms with Crippen LogP contribution in [-0.2, 0) is 0 Å². The quantitative estimate of drug-likeness (QED) is 0.749. The van der Waals surface area contributed by atoms with Crippen LogP contribution in [0.5, 0.6) is 0 Å². The summed E-state index contributed by atoms with van der Waals surface area (Å²) in [5, 5.41) is 7.29. The molecule has 1 fully saturated rings. The second-order valence-corrected chi connectivity index (χ2v) is 8.53. The Labute approximate surface area is 175 Å². The second kappa shape index (κ2) is 7.76. The van der Waals surface area contributed by atoms with E-state index in [1.54, 1.807) is 6.07 Å². The van der Waals surface area contributed by atoms with Gasteiger partial charge in [-0.25, -0.2) is 4.90 Å². The molecule has 0 unspecified atom stereocenters. The molecule has 1 atom stereocenters. The van der Waals surface area contributed by atoms with Crippen LogP contribution in [0, 0.1) is 12.8 Å². The summed E-state index contributed by atoms with van der Waals surface area (Å²) in [6.07, 6.45) is 1.00. The Hall–Kier alpha value is -2.45. The number of amides is 1. The minimum atomic E-state index is -0.154. The third-order valence-corrected chi connectivity index (χ3v) is 5.54. The number of rotatable bonds is 6. The van der Waals surface area contributed by atoms with Gasteiger partial charge in [0, 0.05) is 31.2 Å². The van der Waals surface area contributed by atoms with Gasteiger partial charge in [-0.15, -0.1) is 0 Å². The highest BCUT2D eigenvalue weighted by Crippen LogP contribution is 2.41. The van der Waals surface area contributed by atoms with Gasteiger partial charge in [0.05, 0.1) is 11.3 Å². The molecule has 2 aromatic rings. The van der Waals surface area contributed by atoms with Crippen LogP contribution >= 0.6 is 11.6 Å². The number of aryl methyl sites for hydroxylation is 1. The summed E-state index contributed by atoms with van der Waals surface area (Å²) in [4.78, 5) is 30.1. The van der Waals surface area contributed by atoms with E-state index in [1.807, 2.05) is 24.9 Å². The van der Waals surface area contributed by atoms with E-state index in [0.29, 0.717) is 34.3 Å². The van der Waals surface area contributed by atoms with Crippen molar-refractivity contribution in [1.82, 2.24) is 20.3 Å². The molecule has 0 spiro atoms. The Balaban J connectivity index is 1.71. The molecule has 0 aliphatic carbocycles. The number of anilines is 4. The van der Waals surface area contributed by atoms with Gasteiger partial charge in [-0.2, -0.15) is 15.0 Å². The number of halogens is 1. The van der Waals surface area contributed by atoms with Gasteiger partial charge in [-0.05, 0) is 43.5 Å². The molecule has 8 nitrogen and oxygen atoms in total. The maximum absolute atomic E-state index is 12.8. The number of nitrogens with zero attached hydrogens (tertiary/aromatic N) is 5. The van der Waals surface area contributed by atoms with Crippen molar-refractivity contribution in [2.45, 2.75) is 33.2 Å². The van der Waals surface area contributed by atoms with Gasteiger partial charge in [-0.3, -0.25) is 4.79 Å². The summed E-state index contributed by atoms with van der Waals surface area (Å²) in [5.74, 6) is 1.66. The number of carbonyl (C=O) groups is 1. The summed E-state index contributed by atoms with van der Waals surface area (Å²) in [7, 11) is 1.95. The summed E-state index contributed by atoms with van der Waals surface area (Å²) >= 11 is 6.18. The SMILES string of the molecule is Cc1cc2c(cc1Cl)C(=O)N2c1nc(N[C@@H]2CCNC2)nc(N(C)CC(C)C)n1. The van der Waals surface area contributed by atoms with E-state index in [9.17, 15) is 4.79 Å². The highest BCUT2D eigenvalue weighted by Gasteiger charge is 2.37. The third kappa shape index (κ3) is 3.86. The van der Waals surface area contributed by atoms with Gasteiger partial charge in [0.1, 0.15) is 0 Å². The lowest BCUT2D eigenvalue weighted by Gasteiger charge is -2.33. The number of nitrogens with one attached hydrogen (secondary N) is 2. The van der Waals surface area contributed by atoms with Crippen molar-refractivity contribution in [2.75, 3.05) is 41.8 Å². The van der Waals surface area contributed by atoms with Gasteiger partial charge in [-0.1, -0.05) is 25.4 Å². The molecule has 3 heterocycles. The average Bonchev–Trinajstić information content (AvgIpc) is 3.16. The standard InChI is InChI=1S/C20H26ClN7O/c1-11(2)10-27(4)19-24-18(23-13-5-6-22-9-13)25-20(26-19)28-16-7-12(3)15(21)8-14(16)17(28)29/h7-8,11,13,22H,5-6,9-10H2,1-4H3,(H,23,24,25,26)/t13-/m1/s1. The molecule has 4 rings (SSSR count). The molecule has 2 N–H and O–H groups in total. The Kier molecular flexibility index (Phi) is 5.31. The van der Waals surface area contributed by atoms with Crippen molar-refractivity contribution in [3.63, 3.8) is 0 Å². The van der Waals surface area contributed by atoms with Crippen LogP contribution in [0.1, 0.15) is 36.2 Å². The smallest absolute Gasteiger partial charge is 0.267 e. The maximum atomic E-state index is 12.8. The summed E-state index contributed by atoms with van der Waals surface area (Å²) < 4.78 is 0. The van der Waals surface area contributed by atoms with Crippen molar-refractivity contribution in [3.8, 4) is 0 Å². The molecular weight excluding hydrogens is 390 g/mol. The molecule has 0 radical (unpaired) electrons. The Morgan fingerprint density at radius 3 is 2.83 bits per heavy atom. The van der Waals surface area contributed by atoms with E-state index in [1.165, 1.54) is 4.90 Å². The van der Waals surface area contributed by atoms with Crippen LogP contribution in [-0.4, -0.2) is 53.6 Å². The number of hydrogen-bond donors (Lipinski definition) is 2. The minimum absolute atomic E-state index is 0.154. The number of benzene rings is 1. The van der Waals surface area contributed by atoms with Gasteiger partial charge in [0.15, 0.2) is 0 Å². The van der Waals surface area contributed by atoms with Crippen molar-refractivity contribution in [3.05, 3.63) is 28.3 Å². The molecule has 9 heteroatoms. The highest BCUT2D eigenvalue weighted by atomic mass is 35.5. The lowest BCUT2D eigenvalue weighted by molar-refractivity contribution is 0.0979. The van der Waals surface area contributed by atoms with E-state index in [2.05, 4.69) is 39.4 Å². The fourth-order valence-corrected chi connectivity index (χ4v) is 3.84. The van der Waals surface area contributed by atoms with Crippen LogP contribution in [0.3, 0.4) is 0 Å². The second-order valence-electron chi connectivity index (χ2n) is 8.13. The van der Waals surface area contributed by atoms with Crippen molar-refractivity contribution in [2.24, 2.45) is 5.92 Å². The monoisotopic (exact) mass is 415 g/mol. The molecule has 29 heavy (non-hydrogen) atoms. The predicted octanol–water partition coefficient (Wildman–Crippen LogP) is 2.99. The largest absolute Gasteiger partial charge is 0.350 e. The molecule has 1 aromatic heterocycles. The summed E-state index contributed by atoms with van der Waals surface area (Å²) in [6, 6.07) is 3.87. The first-order valence-corrected chi connectivity index (χ1v) is 10.3. The molecular formula is C20H26ClN7O. The summed E-state index contributed by atoms with van der Waals surface area (Å²) in [6.45, 7) is 8.83. The summed E-state index contributed by atoms with van der Waals surface area (Å²) in [5.41, 5.74) is 2.27. The molecule has 0 bridgehead atoms. The molecule has 154 valence electrons. The third-order valence-electron chi connectivity index (χ3n) is 5.14. The zero-order chi connectivity index (χ0) is 20.7.